The van der Waals surface area contributed by atoms with Crippen molar-refractivity contribution in [3.8, 4) is 11.6 Å². The zero-order chi connectivity index (χ0) is 19.7. The molecule has 2 aromatic rings. The summed E-state index contributed by atoms with van der Waals surface area (Å²) in [6.45, 7) is 2.23. The number of nitrogens with one attached hydrogen (secondary N) is 2. The second kappa shape index (κ2) is 7.84. The first-order valence-corrected chi connectivity index (χ1v) is 10.1. The lowest BCUT2D eigenvalue weighted by molar-refractivity contribution is 0.450. The van der Waals surface area contributed by atoms with Crippen LogP contribution in [0.15, 0.2) is 36.7 Å². The zero-order valence-electron chi connectivity index (χ0n) is 16.2. The highest BCUT2D eigenvalue weighted by molar-refractivity contribution is 6.31. The monoisotopic (exact) mass is 396 g/mol. The number of halogens is 1. The summed E-state index contributed by atoms with van der Waals surface area (Å²) in [4.78, 5) is 6.59. The van der Waals surface area contributed by atoms with E-state index in [0.29, 0.717) is 23.0 Å². The van der Waals surface area contributed by atoms with Crippen LogP contribution < -0.4 is 15.0 Å². The fourth-order valence-corrected chi connectivity index (χ4v) is 3.68. The first kappa shape index (κ1) is 18.8. The molecule has 2 aliphatic rings. The summed E-state index contributed by atoms with van der Waals surface area (Å²) in [6.07, 6.45) is 9.29. The van der Waals surface area contributed by atoms with E-state index in [-0.39, 0.29) is 0 Å². The van der Waals surface area contributed by atoms with Gasteiger partial charge >= 0.3 is 0 Å². The van der Waals surface area contributed by atoms with Crippen LogP contribution in [-0.2, 0) is 6.42 Å². The number of ether oxygens (including phenoxy) is 1. The van der Waals surface area contributed by atoms with Gasteiger partial charge in [0.2, 0.25) is 5.88 Å². The second-order valence-corrected chi connectivity index (χ2v) is 7.92. The van der Waals surface area contributed by atoms with E-state index in [9.17, 15) is 0 Å². The van der Waals surface area contributed by atoms with Crippen LogP contribution in [0.25, 0.3) is 5.57 Å². The highest BCUT2D eigenvalue weighted by Crippen LogP contribution is 2.43. The Labute approximate surface area is 170 Å². The standard InChI is InChI=1S/C22H25ClN4O/c1-14-5-8-18-20(27(14)2)10-9-17(15(12-24)13-26-16-6-7-16)21(18)28-22-19(23)4-3-11-25-22/h3-4,9-14,16,24,26H,5-8H2,1-2H3/b15-13+,24-12?. The summed E-state index contributed by atoms with van der Waals surface area (Å²) in [5.41, 5.74) is 3.97. The summed E-state index contributed by atoms with van der Waals surface area (Å²) >= 11 is 6.32. The number of hydrogen-bond acceptors (Lipinski definition) is 5. The Bertz CT molecular complexity index is 923. The lowest BCUT2D eigenvalue weighted by Crippen LogP contribution is -2.33. The molecule has 6 heteroatoms. The van der Waals surface area contributed by atoms with Crippen LogP contribution in [0.1, 0.15) is 37.3 Å². The van der Waals surface area contributed by atoms with E-state index in [1.54, 1.807) is 18.3 Å². The Kier molecular flexibility index (Phi) is 5.27. The van der Waals surface area contributed by atoms with E-state index in [4.69, 9.17) is 21.7 Å². The van der Waals surface area contributed by atoms with Crippen molar-refractivity contribution < 1.29 is 4.74 Å². The first-order valence-electron chi connectivity index (χ1n) is 9.72. The van der Waals surface area contributed by atoms with Gasteiger partial charge in [-0.15, -0.1) is 0 Å². The maximum Gasteiger partial charge on any atom is 0.238 e. The third-order valence-corrected chi connectivity index (χ3v) is 5.82. The largest absolute Gasteiger partial charge is 0.437 e. The number of fused-ring (bicyclic) bond motifs is 1. The number of nitrogens with zero attached hydrogens (tertiary/aromatic N) is 2. The molecule has 2 heterocycles. The van der Waals surface area contributed by atoms with Crippen molar-refractivity contribution in [2.45, 2.75) is 44.7 Å². The van der Waals surface area contributed by atoms with Gasteiger partial charge in [0.05, 0.1) is 0 Å². The average molecular weight is 397 g/mol. The van der Waals surface area contributed by atoms with Gasteiger partial charge in [-0.25, -0.2) is 4.98 Å². The maximum absolute atomic E-state index is 7.95. The molecule has 1 fully saturated rings. The number of hydrogen-bond donors (Lipinski definition) is 2. The van der Waals surface area contributed by atoms with Crippen molar-refractivity contribution in [3.05, 3.63) is 52.8 Å². The minimum atomic E-state index is 0.388. The summed E-state index contributed by atoms with van der Waals surface area (Å²) in [5, 5.41) is 11.8. The molecule has 1 aromatic carbocycles. The maximum atomic E-state index is 7.95. The minimum Gasteiger partial charge on any atom is -0.437 e. The van der Waals surface area contributed by atoms with Crippen molar-refractivity contribution >= 4 is 29.1 Å². The quantitative estimate of drug-likeness (QED) is 0.671. The highest BCUT2D eigenvalue weighted by atomic mass is 35.5. The number of allylic oxidation sites excluding steroid dienone is 1. The van der Waals surface area contributed by atoms with Crippen molar-refractivity contribution in [3.63, 3.8) is 0 Å². The fourth-order valence-electron chi connectivity index (χ4n) is 3.52. The molecule has 146 valence electrons. The van der Waals surface area contributed by atoms with E-state index in [1.165, 1.54) is 19.1 Å². The van der Waals surface area contributed by atoms with Gasteiger partial charge in [-0.2, -0.15) is 0 Å². The number of pyridine rings is 1. The summed E-state index contributed by atoms with van der Waals surface area (Å²) < 4.78 is 6.29. The molecule has 0 amide bonds. The predicted molar refractivity (Wildman–Crippen MR) is 115 cm³/mol. The van der Waals surface area contributed by atoms with Gasteiger partial charge in [-0.1, -0.05) is 11.6 Å². The molecule has 0 radical (unpaired) electrons. The Hall–Kier alpha value is -2.53. The average Bonchev–Trinajstić information content (AvgIpc) is 3.52. The van der Waals surface area contributed by atoms with Crippen LogP contribution in [0.4, 0.5) is 5.69 Å². The van der Waals surface area contributed by atoms with Crippen LogP contribution in [0, 0.1) is 5.41 Å². The normalized spacial score (nSPS) is 19.2. The lowest BCUT2D eigenvalue weighted by Gasteiger charge is -2.35. The summed E-state index contributed by atoms with van der Waals surface area (Å²) in [7, 11) is 2.11. The van der Waals surface area contributed by atoms with Gasteiger partial charge in [0.1, 0.15) is 10.8 Å². The van der Waals surface area contributed by atoms with E-state index < -0.39 is 0 Å². The van der Waals surface area contributed by atoms with Gasteiger partial charge in [0.15, 0.2) is 0 Å². The van der Waals surface area contributed by atoms with E-state index >= 15 is 0 Å². The van der Waals surface area contributed by atoms with E-state index in [2.05, 4.69) is 35.2 Å². The Balaban J connectivity index is 1.82. The Morgan fingerprint density at radius 3 is 2.86 bits per heavy atom. The number of aromatic nitrogens is 1. The van der Waals surface area contributed by atoms with Crippen molar-refractivity contribution in [2.24, 2.45) is 0 Å². The molecule has 0 saturated heterocycles. The molecule has 1 atom stereocenters. The number of rotatable bonds is 6. The molecule has 5 nitrogen and oxygen atoms in total. The summed E-state index contributed by atoms with van der Waals surface area (Å²) in [5.74, 6) is 1.13. The number of anilines is 1. The SMILES string of the molecule is CC1CCc2c(ccc(/C(C=N)=C/NC3CC3)c2Oc2ncccc2Cl)N1C. The molecule has 0 spiro atoms. The van der Waals surface area contributed by atoms with E-state index in [1.807, 2.05) is 12.3 Å². The smallest absolute Gasteiger partial charge is 0.238 e. The van der Waals surface area contributed by atoms with Crippen LogP contribution in [0.3, 0.4) is 0 Å². The molecule has 1 unspecified atom stereocenters. The molecule has 1 aromatic heterocycles. The topological polar surface area (TPSA) is 61.2 Å². The molecule has 28 heavy (non-hydrogen) atoms. The predicted octanol–water partition coefficient (Wildman–Crippen LogP) is 5.04. The Morgan fingerprint density at radius 1 is 1.32 bits per heavy atom. The van der Waals surface area contributed by atoms with Crippen molar-refractivity contribution in [1.29, 1.82) is 5.41 Å². The van der Waals surface area contributed by atoms with Gasteiger partial charge in [0, 0.05) is 60.1 Å². The van der Waals surface area contributed by atoms with Gasteiger partial charge in [-0.3, -0.25) is 0 Å². The lowest BCUT2D eigenvalue weighted by atomic mass is 9.92. The van der Waals surface area contributed by atoms with E-state index in [0.717, 1.165) is 41.0 Å². The van der Waals surface area contributed by atoms with Crippen LogP contribution in [0.2, 0.25) is 5.02 Å². The van der Waals surface area contributed by atoms with Crippen LogP contribution in [0.5, 0.6) is 11.6 Å². The molecule has 0 bridgehead atoms. The van der Waals surface area contributed by atoms with Crippen LogP contribution >= 0.6 is 11.6 Å². The van der Waals surface area contributed by atoms with Gasteiger partial charge < -0.3 is 20.4 Å². The third kappa shape index (κ3) is 3.72. The first-order chi connectivity index (χ1) is 13.6. The second-order valence-electron chi connectivity index (χ2n) is 7.52. The number of benzene rings is 1. The van der Waals surface area contributed by atoms with Crippen molar-refractivity contribution in [2.75, 3.05) is 11.9 Å². The molecular formula is C22H25ClN4O. The molecule has 1 aliphatic heterocycles. The Morgan fingerprint density at radius 2 is 2.14 bits per heavy atom. The fraction of sp³-hybridized carbons (Fsp3) is 0.364. The summed E-state index contributed by atoms with van der Waals surface area (Å²) in [6, 6.07) is 8.71. The third-order valence-electron chi connectivity index (χ3n) is 5.53. The molecule has 4 rings (SSSR count). The molecule has 2 N–H and O–H groups in total. The van der Waals surface area contributed by atoms with Gasteiger partial charge in [0.25, 0.3) is 0 Å². The minimum absolute atomic E-state index is 0.388. The molecule has 1 saturated carbocycles. The van der Waals surface area contributed by atoms with Crippen LogP contribution in [-0.4, -0.2) is 30.3 Å². The highest BCUT2D eigenvalue weighted by Gasteiger charge is 2.27. The molecular weight excluding hydrogens is 372 g/mol. The molecule has 1 aliphatic carbocycles. The zero-order valence-corrected chi connectivity index (χ0v) is 17.0. The van der Waals surface area contributed by atoms with Crippen molar-refractivity contribution in [1.82, 2.24) is 10.3 Å². The van der Waals surface area contributed by atoms with Gasteiger partial charge in [-0.05, 0) is 56.9 Å².